The largest absolute Gasteiger partial charge is 0.282 e. The standard InChI is InChI=1S/C15H9N3OS/c19-14-11-8-4-5-9-12(11)20-15-16-13(17-18(14)15)10-6-2-1-3-7-10/h1-9H. The fourth-order valence-electron chi connectivity index (χ4n) is 2.15. The van der Waals surface area contributed by atoms with Gasteiger partial charge in [0.1, 0.15) is 0 Å². The van der Waals surface area contributed by atoms with E-state index in [-0.39, 0.29) is 5.56 Å². The molecule has 0 aliphatic carbocycles. The van der Waals surface area contributed by atoms with Gasteiger partial charge in [-0.3, -0.25) is 4.79 Å². The summed E-state index contributed by atoms with van der Waals surface area (Å²) in [6, 6.07) is 17.2. The van der Waals surface area contributed by atoms with Gasteiger partial charge in [-0.05, 0) is 12.1 Å². The van der Waals surface area contributed by atoms with Crippen molar-refractivity contribution in [3.8, 4) is 11.4 Å². The summed E-state index contributed by atoms with van der Waals surface area (Å²) in [7, 11) is 0. The fourth-order valence-corrected chi connectivity index (χ4v) is 3.10. The molecule has 2 heterocycles. The van der Waals surface area contributed by atoms with Crippen LogP contribution >= 0.6 is 11.3 Å². The highest BCUT2D eigenvalue weighted by molar-refractivity contribution is 7.23. The number of hydrogen-bond acceptors (Lipinski definition) is 4. The molecule has 20 heavy (non-hydrogen) atoms. The lowest BCUT2D eigenvalue weighted by Gasteiger charge is -1.94. The zero-order valence-corrected chi connectivity index (χ0v) is 11.2. The minimum Gasteiger partial charge on any atom is -0.267 e. The Bertz CT molecular complexity index is 973. The highest BCUT2D eigenvalue weighted by atomic mass is 32.1. The van der Waals surface area contributed by atoms with E-state index in [0.717, 1.165) is 10.3 Å². The molecule has 0 unspecified atom stereocenters. The van der Waals surface area contributed by atoms with E-state index in [9.17, 15) is 4.79 Å². The topological polar surface area (TPSA) is 47.3 Å². The predicted molar refractivity (Wildman–Crippen MR) is 80.1 cm³/mol. The van der Waals surface area contributed by atoms with E-state index in [1.807, 2.05) is 54.6 Å². The van der Waals surface area contributed by atoms with Crippen LogP contribution in [0.15, 0.2) is 59.4 Å². The van der Waals surface area contributed by atoms with Gasteiger partial charge >= 0.3 is 0 Å². The van der Waals surface area contributed by atoms with E-state index in [1.54, 1.807) is 0 Å². The third-order valence-corrected chi connectivity index (χ3v) is 4.14. The number of nitrogens with zero attached hydrogens (tertiary/aromatic N) is 3. The van der Waals surface area contributed by atoms with Crippen LogP contribution in [0.25, 0.3) is 26.4 Å². The summed E-state index contributed by atoms with van der Waals surface area (Å²) in [5, 5.41) is 5.01. The zero-order chi connectivity index (χ0) is 13.5. The first-order valence-corrected chi connectivity index (χ1v) is 6.98. The number of fused-ring (bicyclic) bond motifs is 2. The van der Waals surface area contributed by atoms with Crippen molar-refractivity contribution in [3.63, 3.8) is 0 Å². The van der Waals surface area contributed by atoms with Crippen LogP contribution in [0.2, 0.25) is 0 Å². The first-order valence-electron chi connectivity index (χ1n) is 6.17. The highest BCUT2D eigenvalue weighted by Crippen LogP contribution is 2.21. The van der Waals surface area contributed by atoms with Gasteiger partial charge in [0.2, 0.25) is 4.96 Å². The van der Waals surface area contributed by atoms with Crippen LogP contribution in [0.4, 0.5) is 0 Å². The van der Waals surface area contributed by atoms with Gasteiger partial charge < -0.3 is 0 Å². The molecule has 5 heteroatoms. The van der Waals surface area contributed by atoms with Gasteiger partial charge in [0.05, 0.1) is 5.39 Å². The fraction of sp³-hybridized carbons (Fsp3) is 0. The van der Waals surface area contributed by atoms with Crippen molar-refractivity contribution in [1.82, 2.24) is 14.6 Å². The third kappa shape index (κ3) is 1.64. The molecule has 96 valence electrons. The van der Waals surface area contributed by atoms with E-state index in [1.165, 1.54) is 15.9 Å². The van der Waals surface area contributed by atoms with Gasteiger partial charge in [0, 0.05) is 10.3 Å². The Balaban J connectivity index is 2.07. The summed E-state index contributed by atoms with van der Waals surface area (Å²) in [5.41, 5.74) is 0.788. The molecule has 4 nitrogen and oxygen atoms in total. The van der Waals surface area contributed by atoms with Crippen LogP contribution in [-0.2, 0) is 0 Å². The van der Waals surface area contributed by atoms with E-state index in [2.05, 4.69) is 10.1 Å². The van der Waals surface area contributed by atoms with Gasteiger partial charge in [-0.25, -0.2) is 0 Å². The molecular weight excluding hydrogens is 270 g/mol. The van der Waals surface area contributed by atoms with Crippen molar-refractivity contribution in [2.24, 2.45) is 0 Å². The quantitative estimate of drug-likeness (QED) is 0.538. The van der Waals surface area contributed by atoms with Crippen LogP contribution in [-0.4, -0.2) is 14.6 Å². The number of hydrogen-bond donors (Lipinski definition) is 0. The Labute approximate surface area is 118 Å². The second-order valence-electron chi connectivity index (χ2n) is 4.40. The number of aromatic nitrogens is 3. The van der Waals surface area contributed by atoms with Crippen LogP contribution in [0.5, 0.6) is 0 Å². The van der Waals surface area contributed by atoms with Crippen LogP contribution in [0.1, 0.15) is 0 Å². The zero-order valence-electron chi connectivity index (χ0n) is 10.4. The van der Waals surface area contributed by atoms with Crippen LogP contribution in [0.3, 0.4) is 0 Å². The normalized spacial score (nSPS) is 11.2. The maximum absolute atomic E-state index is 12.4. The van der Waals surface area contributed by atoms with E-state index in [0.29, 0.717) is 16.2 Å². The maximum atomic E-state index is 12.4. The summed E-state index contributed by atoms with van der Waals surface area (Å²) in [6.07, 6.45) is 0. The lowest BCUT2D eigenvalue weighted by molar-refractivity contribution is 0.943. The Morgan fingerprint density at radius 3 is 2.55 bits per heavy atom. The molecule has 4 rings (SSSR count). The SMILES string of the molecule is O=c1c2ccccc2sc2nc(-c3ccccc3)nn12. The van der Waals surface area contributed by atoms with Gasteiger partial charge in [-0.2, -0.15) is 9.50 Å². The molecule has 0 bridgehead atoms. The maximum Gasteiger partial charge on any atom is 0.282 e. The number of benzene rings is 2. The van der Waals surface area contributed by atoms with E-state index in [4.69, 9.17) is 0 Å². The molecule has 2 aromatic carbocycles. The molecular formula is C15H9N3OS. The average Bonchev–Trinajstić information content (AvgIpc) is 2.93. The first-order chi connectivity index (χ1) is 9.83. The van der Waals surface area contributed by atoms with Crippen molar-refractivity contribution < 1.29 is 0 Å². The first kappa shape index (κ1) is 11.3. The smallest absolute Gasteiger partial charge is 0.267 e. The van der Waals surface area contributed by atoms with E-state index < -0.39 is 0 Å². The van der Waals surface area contributed by atoms with Crippen molar-refractivity contribution in [1.29, 1.82) is 0 Å². The molecule has 0 N–H and O–H groups in total. The van der Waals surface area contributed by atoms with Gasteiger partial charge in [0.25, 0.3) is 5.56 Å². The second-order valence-corrected chi connectivity index (χ2v) is 5.41. The lowest BCUT2D eigenvalue weighted by Crippen LogP contribution is -2.12. The molecule has 2 aromatic heterocycles. The summed E-state index contributed by atoms with van der Waals surface area (Å²) in [5.74, 6) is 0.578. The van der Waals surface area contributed by atoms with Crippen LogP contribution in [0, 0.1) is 0 Å². The average molecular weight is 279 g/mol. The summed E-state index contributed by atoms with van der Waals surface area (Å²) in [4.78, 5) is 17.5. The third-order valence-electron chi connectivity index (χ3n) is 3.12. The van der Waals surface area contributed by atoms with E-state index >= 15 is 0 Å². The molecule has 0 spiro atoms. The molecule has 0 radical (unpaired) electrons. The van der Waals surface area contributed by atoms with Crippen molar-refractivity contribution >= 4 is 26.4 Å². The summed E-state index contributed by atoms with van der Waals surface area (Å²) in [6.45, 7) is 0. The Hall–Kier alpha value is -2.53. The minimum atomic E-state index is -0.121. The second kappa shape index (κ2) is 4.25. The van der Waals surface area contributed by atoms with Crippen molar-refractivity contribution in [2.45, 2.75) is 0 Å². The monoisotopic (exact) mass is 279 g/mol. The predicted octanol–water partition coefficient (Wildman–Crippen LogP) is 2.97. The lowest BCUT2D eigenvalue weighted by atomic mass is 10.2. The molecule has 0 atom stereocenters. The molecule has 0 aliphatic rings. The van der Waals surface area contributed by atoms with Gasteiger partial charge in [0.15, 0.2) is 5.82 Å². The molecule has 0 saturated carbocycles. The van der Waals surface area contributed by atoms with Crippen molar-refractivity contribution in [2.75, 3.05) is 0 Å². The molecule has 0 fully saturated rings. The van der Waals surface area contributed by atoms with Crippen LogP contribution < -0.4 is 5.56 Å². The van der Waals surface area contributed by atoms with Gasteiger partial charge in [-0.1, -0.05) is 53.8 Å². The minimum absolute atomic E-state index is 0.121. The molecule has 0 saturated heterocycles. The Morgan fingerprint density at radius 1 is 0.950 bits per heavy atom. The molecule has 0 amide bonds. The Morgan fingerprint density at radius 2 is 1.70 bits per heavy atom. The molecule has 0 aliphatic heterocycles. The highest BCUT2D eigenvalue weighted by Gasteiger charge is 2.11. The van der Waals surface area contributed by atoms with Crippen molar-refractivity contribution in [3.05, 3.63) is 65.0 Å². The molecule has 4 aromatic rings. The summed E-state index contributed by atoms with van der Waals surface area (Å²) >= 11 is 1.47. The van der Waals surface area contributed by atoms with Gasteiger partial charge in [-0.15, -0.1) is 5.10 Å². The Kier molecular flexibility index (Phi) is 2.40. The summed E-state index contributed by atoms with van der Waals surface area (Å²) < 4.78 is 2.31. The number of rotatable bonds is 1.